The molecule has 2 aromatic carbocycles. The standard InChI is InChI=1S/C22H24ClN5/c1-14-11-21(28(2)18-7-4-6-16(23)13-18)27-22(25-14)26-17-9-10-19-15(12-17)5-3-8-20(19)24/h3-8,11,13,17H,9-10,12,24H2,1-2H3,(H,25,26,27)/t17-/m0/s1. The summed E-state index contributed by atoms with van der Waals surface area (Å²) in [6.45, 7) is 1.99. The highest BCUT2D eigenvalue weighted by Gasteiger charge is 2.21. The molecule has 3 N–H and O–H groups in total. The molecular formula is C22H24ClN5. The van der Waals surface area contributed by atoms with E-state index in [9.17, 15) is 0 Å². The third-order valence-electron chi connectivity index (χ3n) is 5.23. The van der Waals surface area contributed by atoms with Crippen molar-refractivity contribution >= 4 is 34.7 Å². The van der Waals surface area contributed by atoms with Crippen LogP contribution >= 0.6 is 11.6 Å². The summed E-state index contributed by atoms with van der Waals surface area (Å²) in [5.74, 6) is 1.49. The quantitative estimate of drug-likeness (QED) is 0.625. The smallest absolute Gasteiger partial charge is 0.225 e. The Bertz CT molecular complexity index is 1000. The Hall–Kier alpha value is -2.79. The van der Waals surface area contributed by atoms with Gasteiger partial charge in [0.2, 0.25) is 5.95 Å². The van der Waals surface area contributed by atoms with Gasteiger partial charge in [0.1, 0.15) is 5.82 Å². The number of rotatable bonds is 4. The van der Waals surface area contributed by atoms with Crippen LogP contribution in [0.4, 0.5) is 23.1 Å². The van der Waals surface area contributed by atoms with Gasteiger partial charge in [-0.05, 0) is 61.6 Å². The first kappa shape index (κ1) is 18.6. The number of fused-ring (bicyclic) bond motifs is 1. The first-order chi connectivity index (χ1) is 13.5. The molecule has 1 atom stereocenters. The molecule has 0 bridgehead atoms. The van der Waals surface area contributed by atoms with Crippen molar-refractivity contribution in [2.45, 2.75) is 32.2 Å². The maximum Gasteiger partial charge on any atom is 0.225 e. The molecule has 0 amide bonds. The van der Waals surface area contributed by atoms with Crippen LogP contribution in [0, 0.1) is 6.92 Å². The summed E-state index contributed by atoms with van der Waals surface area (Å²) in [7, 11) is 1.98. The van der Waals surface area contributed by atoms with Crippen molar-refractivity contribution in [1.29, 1.82) is 0 Å². The van der Waals surface area contributed by atoms with E-state index < -0.39 is 0 Å². The summed E-state index contributed by atoms with van der Waals surface area (Å²) in [6, 6.07) is 16.2. The summed E-state index contributed by atoms with van der Waals surface area (Å²) in [5, 5.41) is 4.23. The van der Waals surface area contributed by atoms with Gasteiger partial charge in [0.25, 0.3) is 0 Å². The third kappa shape index (κ3) is 3.90. The van der Waals surface area contributed by atoms with Crippen molar-refractivity contribution in [2.75, 3.05) is 23.0 Å². The minimum atomic E-state index is 0.292. The maximum atomic E-state index is 6.14. The molecular weight excluding hydrogens is 370 g/mol. The zero-order chi connectivity index (χ0) is 19.7. The summed E-state index contributed by atoms with van der Waals surface area (Å²) >= 11 is 6.14. The second kappa shape index (κ2) is 7.68. The molecule has 1 heterocycles. The molecule has 0 aliphatic heterocycles. The minimum Gasteiger partial charge on any atom is -0.398 e. The molecule has 0 radical (unpaired) electrons. The Kier molecular flexibility index (Phi) is 5.09. The van der Waals surface area contributed by atoms with E-state index in [0.29, 0.717) is 17.0 Å². The van der Waals surface area contributed by atoms with E-state index in [2.05, 4.69) is 16.4 Å². The number of nitrogens with one attached hydrogen (secondary N) is 1. The fourth-order valence-corrected chi connectivity index (χ4v) is 3.93. The van der Waals surface area contributed by atoms with Gasteiger partial charge in [-0.25, -0.2) is 4.98 Å². The lowest BCUT2D eigenvalue weighted by molar-refractivity contribution is 0.607. The predicted molar refractivity (Wildman–Crippen MR) is 117 cm³/mol. The van der Waals surface area contributed by atoms with Gasteiger partial charge in [0.05, 0.1) is 0 Å². The van der Waals surface area contributed by atoms with E-state index in [0.717, 1.165) is 42.1 Å². The Balaban J connectivity index is 1.55. The molecule has 1 aromatic heterocycles. The molecule has 144 valence electrons. The van der Waals surface area contributed by atoms with Crippen LogP contribution in [0.1, 0.15) is 23.2 Å². The molecule has 28 heavy (non-hydrogen) atoms. The predicted octanol–water partition coefficient (Wildman–Crippen LogP) is 4.76. The van der Waals surface area contributed by atoms with Gasteiger partial charge in [0.15, 0.2) is 0 Å². The van der Waals surface area contributed by atoms with Gasteiger partial charge in [-0.15, -0.1) is 0 Å². The normalized spacial score (nSPS) is 15.8. The molecule has 0 spiro atoms. The summed E-state index contributed by atoms with van der Waals surface area (Å²) < 4.78 is 0. The van der Waals surface area contributed by atoms with E-state index in [1.165, 1.54) is 11.1 Å². The van der Waals surface area contributed by atoms with E-state index in [1.54, 1.807) is 0 Å². The third-order valence-corrected chi connectivity index (χ3v) is 5.47. The van der Waals surface area contributed by atoms with E-state index in [-0.39, 0.29) is 0 Å². The van der Waals surface area contributed by atoms with Crippen LogP contribution in [0.15, 0.2) is 48.5 Å². The van der Waals surface area contributed by atoms with Crippen LogP contribution in [-0.2, 0) is 12.8 Å². The zero-order valence-corrected chi connectivity index (χ0v) is 16.9. The van der Waals surface area contributed by atoms with Crippen LogP contribution in [0.25, 0.3) is 0 Å². The molecule has 1 aliphatic rings. The fourth-order valence-electron chi connectivity index (χ4n) is 3.75. The minimum absolute atomic E-state index is 0.292. The number of benzene rings is 2. The number of nitrogen functional groups attached to an aromatic ring is 1. The number of halogens is 1. The Morgan fingerprint density at radius 3 is 2.79 bits per heavy atom. The summed E-state index contributed by atoms with van der Waals surface area (Å²) in [4.78, 5) is 11.4. The van der Waals surface area contributed by atoms with Crippen LogP contribution < -0.4 is 16.0 Å². The van der Waals surface area contributed by atoms with Gasteiger partial charge in [-0.3, -0.25) is 0 Å². The van der Waals surface area contributed by atoms with Gasteiger partial charge in [-0.1, -0.05) is 29.8 Å². The van der Waals surface area contributed by atoms with E-state index in [4.69, 9.17) is 22.3 Å². The summed E-state index contributed by atoms with van der Waals surface area (Å²) in [6.07, 6.45) is 2.91. The average molecular weight is 394 g/mol. The topological polar surface area (TPSA) is 67.1 Å². The lowest BCUT2D eigenvalue weighted by Crippen LogP contribution is -2.29. The number of aromatic nitrogens is 2. The highest BCUT2D eigenvalue weighted by atomic mass is 35.5. The molecule has 5 nitrogen and oxygen atoms in total. The highest BCUT2D eigenvalue weighted by Crippen LogP contribution is 2.29. The average Bonchev–Trinajstić information content (AvgIpc) is 2.67. The fraction of sp³-hybridized carbons (Fsp3) is 0.273. The lowest BCUT2D eigenvalue weighted by Gasteiger charge is -2.27. The van der Waals surface area contributed by atoms with Crippen LogP contribution in [-0.4, -0.2) is 23.1 Å². The molecule has 4 rings (SSSR count). The zero-order valence-electron chi connectivity index (χ0n) is 16.1. The van der Waals surface area contributed by atoms with E-state index >= 15 is 0 Å². The first-order valence-corrected chi connectivity index (χ1v) is 9.85. The SMILES string of the molecule is Cc1cc(N(C)c2cccc(Cl)c2)nc(N[C@H]2CCc3c(N)cccc3C2)n1. The largest absolute Gasteiger partial charge is 0.398 e. The number of anilines is 4. The summed E-state index contributed by atoms with van der Waals surface area (Å²) in [5.41, 5.74) is 11.5. The first-order valence-electron chi connectivity index (χ1n) is 9.47. The van der Waals surface area contributed by atoms with Crippen molar-refractivity contribution in [3.8, 4) is 0 Å². The molecule has 6 heteroatoms. The number of hydrogen-bond acceptors (Lipinski definition) is 5. The van der Waals surface area contributed by atoms with Crippen molar-refractivity contribution in [3.63, 3.8) is 0 Å². The number of nitrogens with two attached hydrogens (primary N) is 1. The second-order valence-electron chi connectivity index (χ2n) is 7.30. The van der Waals surface area contributed by atoms with Gasteiger partial charge >= 0.3 is 0 Å². The lowest BCUT2D eigenvalue weighted by atomic mass is 9.87. The van der Waals surface area contributed by atoms with Crippen LogP contribution in [0.3, 0.4) is 0 Å². The number of aryl methyl sites for hydroxylation is 1. The molecule has 0 fully saturated rings. The van der Waals surface area contributed by atoms with Crippen molar-refractivity contribution in [1.82, 2.24) is 9.97 Å². The van der Waals surface area contributed by atoms with Crippen molar-refractivity contribution in [3.05, 3.63) is 70.4 Å². The van der Waals surface area contributed by atoms with E-state index in [1.807, 2.05) is 61.3 Å². The van der Waals surface area contributed by atoms with Crippen LogP contribution in [0.2, 0.25) is 5.02 Å². The van der Waals surface area contributed by atoms with Crippen LogP contribution in [0.5, 0.6) is 0 Å². The second-order valence-corrected chi connectivity index (χ2v) is 7.74. The Morgan fingerprint density at radius 1 is 1.14 bits per heavy atom. The Labute approximate surface area is 170 Å². The van der Waals surface area contributed by atoms with Crippen molar-refractivity contribution < 1.29 is 0 Å². The molecule has 3 aromatic rings. The monoisotopic (exact) mass is 393 g/mol. The number of hydrogen-bond donors (Lipinski definition) is 2. The van der Waals surface area contributed by atoms with Crippen molar-refractivity contribution in [2.24, 2.45) is 0 Å². The molecule has 0 saturated heterocycles. The number of nitrogens with zero attached hydrogens (tertiary/aromatic N) is 3. The molecule has 0 unspecified atom stereocenters. The van der Waals surface area contributed by atoms with Gasteiger partial charge < -0.3 is 16.0 Å². The van der Waals surface area contributed by atoms with Gasteiger partial charge in [-0.2, -0.15) is 4.98 Å². The maximum absolute atomic E-state index is 6.14. The molecule has 1 aliphatic carbocycles. The van der Waals surface area contributed by atoms with Gasteiger partial charge in [0, 0.05) is 41.2 Å². The highest BCUT2D eigenvalue weighted by molar-refractivity contribution is 6.30. The molecule has 0 saturated carbocycles. The Morgan fingerprint density at radius 2 is 1.96 bits per heavy atom.